The molecule has 0 atom stereocenters. The van der Waals surface area contributed by atoms with Crippen LogP contribution in [0.1, 0.15) is 18.1 Å². The molecule has 1 aliphatic rings. The molecule has 0 radical (unpaired) electrons. The summed E-state index contributed by atoms with van der Waals surface area (Å²) in [7, 11) is 0. The Morgan fingerprint density at radius 3 is 2.44 bits per heavy atom. The number of hydrogen-bond acceptors (Lipinski definition) is 5. The summed E-state index contributed by atoms with van der Waals surface area (Å²) in [6.07, 6.45) is 3.58. The molecule has 1 aliphatic heterocycles. The van der Waals surface area contributed by atoms with E-state index in [9.17, 15) is 14.9 Å². The Kier molecular flexibility index (Phi) is 4.52. The predicted octanol–water partition coefficient (Wildman–Crippen LogP) is 3.89. The number of benzene rings is 2. The van der Waals surface area contributed by atoms with Crippen molar-refractivity contribution in [3.8, 4) is 0 Å². The van der Waals surface area contributed by atoms with Crippen LogP contribution in [0.4, 0.5) is 5.69 Å². The number of esters is 1. The minimum absolute atomic E-state index is 0.0360. The van der Waals surface area contributed by atoms with E-state index in [0.29, 0.717) is 5.56 Å². The van der Waals surface area contributed by atoms with Crippen molar-refractivity contribution >= 4 is 23.6 Å². The summed E-state index contributed by atoms with van der Waals surface area (Å²) in [6, 6.07) is 15.4. The van der Waals surface area contributed by atoms with Crippen LogP contribution in [0.5, 0.6) is 0 Å². The van der Waals surface area contributed by atoms with Crippen molar-refractivity contribution in [2.24, 2.45) is 4.99 Å². The summed E-state index contributed by atoms with van der Waals surface area (Å²) in [5.74, 6) is -0.409. The molecule has 6 heteroatoms. The maximum absolute atomic E-state index is 12.0. The Hall–Kier alpha value is -3.54. The van der Waals surface area contributed by atoms with Gasteiger partial charge in [0.2, 0.25) is 5.90 Å². The summed E-state index contributed by atoms with van der Waals surface area (Å²) >= 11 is 0. The van der Waals surface area contributed by atoms with Crippen LogP contribution in [0.15, 0.2) is 76.9 Å². The van der Waals surface area contributed by atoms with Gasteiger partial charge in [-0.1, -0.05) is 36.4 Å². The van der Waals surface area contributed by atoms with Gasteiger partial charge in [0.05, 0.1) is 4.92 Å². The molecule has 0 unspecified atom stereocenters. The van der Waals surface area contributed by atoms with Gasteiger partial charge in [-0.3, -0.25) is 10.1 Å². The molecule has 0 aliphatic carbocycles. The van der Waals surface area contributed by atoms with Gasteiger partial charge in [0.1, 0.15) is 0 Å². The number of rotatable bonds is 4. The molecule has 0 amide bonds. The fraction of sp³-hybridized carbons (Fsp3) is 0.0526. The zero-order valence-electron chi connectivity index (χ0n) is 13.4. The molecule has 0 fully saturated rings. The number of carbonyl (C=O) groups excluding carboxylic acids is 1. The Bertz CT molecular complexity index is 910. The van der Waals surface area contributed by atoms with Crippen LogP contribution < -0.4 is 0 Å². The van der Waals surface area contributed by atoms with Gasteiger partial charge in [-0.25, -0.2) is 9.79 Å². The van der Waals surface area contributed by atoms with Crippen molar-refractivity contribution in [3.63, 3.8) is 0 Å². The average molecular weight is 334 g/mol. The maximum Gasteiger partial charge on any atom is 0.363 e. The highest BCUT2D eigenvalue weighted by Crippen LogP contribution is 2.20. The highest BCUT2D eigenvalue weighted by molar-refractivity contribution is 6.11. The number of non-ortho nitro benzene ring substituents is 1. The number of ether oxygens (including phenoxy) is 1. The van der Waals surface area contributed by atoms with Crippen molar-refractivity contribution in [3.05, 3.63) is 93.2 Å². The number of carbonyl (C=O) groups is 1. The number of hydrogen-bond donors (Lipinski definition) is 0. The number of aliphatic imine (C=N–C) groups is 1. The van der Waals surface area contributed by atoms with E-state index in [2.05, 4.69) is 4.99 Å². The van der Waals surface area contributed by atoms with Crippen LogP contribution in [-0.2, 0) is 9.53 Å². The SMILES string of the molecule is CC(=C\c1ccccc1)/C=C1/N=C(c2ccc([N+](=O)[O-])cc2)OC1=O. The van der Waals surface area contributed by atoms with E-state index in [1.807, 2.05) is 43.3 Å². The lowest BCUT2D eigenvalue weighted by molar-refractivity contribution is -0.384. The fourth-order valence-electron chi connectivity index (χ4n) is 2.33. The third-order valence-corrected chi connectivity index (χ3v) is 3.50. The molecule has 6 nitrogen and oxygen atoms in total. The minimum Gasteiger partial charge on any atom is -0.402 e. The Morgan fingerprint density at radius 1 is 1.12 bits per heavy atom. The Labute approximate surface area is 143 Å². The van der Waals surface area contributed by atoms with Gasteiger partial charge in [0.15, 0.2) is 5.70 Å². The zero-order chi connectivity index (χ0) is 17.8. The normalized spacial score (nSPS) is 15.9. The lowest BCUT2D eigenvalue weighted by atomic mass is 10.1. The monoisotopic (exact) mass is 334 g/mol. The number of nitrogens with zero attached hydrogens (tertiary/aromatic N) is 2. The van der Waals surface area contributed by atoms with Crippen molar-refractivity contribution in [1.29, 1.82) is 0 Å². The second-order valence-corrected chi connectivity index (χ2v) is 5.44. The molecule has 0 bridgehead atoms. The van der Waals surface area contributed by atoms with Crippen LogP contribution in [0.25, 0.3) is 6.08 Å². The van der Waals surface area contributed by atoms with Gasteiger partial charge >= 0.3 is 5.97 Å². The van der Waals surface area contributed by atoms with Gasteiger partial charge in [-0.15, -0.1) is 0 Å². The molecule has 2 aromatic carbocycles. The standard InChI is InChI=1S/C19H14N2O4/c1-13(11-14-5-3-2-4-6-14)12-17-19(22)25-18(20-17)15-7-9-16(10-8-15)21(23)24/h2-12H,1H3/b13-11+,17-12+. The van der Waals surface area contributed by atoms with Crippen LogP contribution in [0, 0.1) is 10.1 Å². The first-order valence-electron chi connectivity index (χ1n) is 7.54. The summed E-state index contributed by atoms with van der Waals surface area (Å²) < 4.78 is 5.16. The molecule has 0 saturated carbocycles. The number of allylic oxidation sites excluding steroid dienone is 2. The molecular weight excluding hydrogens is 320 g/mol. The summed E-state index contributed by atoms with van der Waals surface area (Å²) in [5, 5.41) is 10.7. The number of nitro groups is 1. The van der Waals surface area contributed by atoms with E-state index in [-0.39, 0.29) is 17.3 Å². The van der Waals surface area contributed by atoms with E-state index in [1.54, 1.807) is 6.08 Å². The number of cyclic esters (lactones) is 1. The first kappa shape index (κ1) is 16.3. The Balaban J connectivity index is 1.84. The molecule has 0 N–H and O–H groups in total. The minimum atomic E-state index is -0.547. The second-order valence-electron chi connectivity index (χ2n) is 5.44. The Morgan fingerprint density at radius 2 is 1.80 bits per heavy atom. The van der Waals surface area contributed by atoms with Crippen LogP contribution in [-0.4, -0.2) is 16.8 Å². The van der Waals surface area contributed by atoms with Gasteiger partial charge in [0, 0.05) is 17.7 Å². The lowest BCUT2D eigenvalue weighted by Crippen LogP contribution is -2.05. The van der Waals surface area contributed by atoms with Gasteiger partial charge in [-0.2, -0.15) is 0 Å². The highest BCUT2D eigenvalue weighted by atomic mass is 16.6. The predicted molar refractivity (Wildman–Crippen MR) is 93.9 cm³/mol. The molecule has 0 aromatic heterocycles. The summed E-state index contributed by atoms with van der Waals surface area (Å²) in [6.45, 7) is 1.87. The molecule has 25 heavy (non-hydrogen) atoms. The fourth-order valence-corrected chi connectivity index (χ4v) is 2.33. The van der Waals surface area contributed by atoms with E-state index in [4.69, 9.17) is 4.74 Å². The molecular formula is C19H14N2O4. The quantitative estimate of drug-likeness (QED) is 0.368. The lowest BCUT2D eigenvalue weighted by Gasteiger charge is -1.98. The van der Waals surface area contributed by atoms with Gasteiger partial charge < -0.3 is 4.74 Å². The van der Waals surface area contributed by atoms with Crippen molar-refractivity contribution in [2.75, 3.05) is 0 Å². The average Bonchev–Trinajstić information content (AvgIpc) is 2.96. The molecule has 2 aromatic rings. The largest absolute Gasteiger partial charge is 0.402 e. The van der Waals surface area contributed by atoms with Crippen molar-refractivity contribution < 1.29 is 14.5 Å². The third kappa shape index (κ3) is 3.87. The first-order chi connectivity index (χ1) is 12.0. The van der Waals surface area contributed by atoms with Crippen LogP contribution in [0.2, 0.25) is 0 Å². The smallest absolute Gasteiger partial charge is 0.363 e. The topological polar surface area (TPSA) is 81.8 Å². The number of nitro benzene ring substituents is 1. The van der Waals surface area contributed by atoms with Crippen LogP contribution >= 0.6 is 0 Å². The summed E-state index contributed by atoms with van der Waals surface area (Å²) in [5.41, 5.74) is 2.53. The third-order valence-electron chi connectivity index (χ3n) is 3.50. The van der Waals surface area contributed by atoms with Crippen molar-refractivity contribution in [2.45, 2.75) is 6.92 Å². The maximum atomic E-state index is 12.0. The van der Waals surface area contributed by atoms with Crippen LogP contribution in [0.3, 0.4) is 0 Å². The van der Waals surface area contributed by atoms with Crippen molar-refractivity contribution in [1.82, 2.24) is 0 Å². The van der Waals surface area contributed by atoms with E-state index in [0.717, 1.165) is 11.1 Å². The van der Waals surface area contributed by atoms with E-state index >= 15 is 0 Å². The molecule has 1 heterocycles. The molecule has 0 spiro atoms. The first-order valence-corrected chi connectivity index (χ1v) is 7.54. The van der Waals surface area contributed by atoms with Gasteiger partial charge in [0.25, 0.3) is 5.69 Å². The zero-order valence-corrected chi connectivity index (χ0v) is 13.4. The van der Waals surface area contributed by atoms with E-state index in [1.165, 1.54) is 24.3 Å². The summed E-state index contributed by atoms with van der Waals surface area (Å²) in [4.78, 5) is 26.4. The molecule has 124 valence electrons. The second kappa shape index (κ2) is 6.92. The molecule has 3 rings (SSSR count). The van der Waals surface area contributed by atoms with Gasteiger partial charge in [-0.05, 0) is 36.3 Å². The van der Waals surface area contributed by atoms with E-state index < -0.39 is 10.9 Å². The molecule has 0 saturated heterocycles. The highest BCUT2D eigenvalue weighted by Gasteiger charge is 2.24.